The Balaban J connectivity index is 1.61. The van der Waals surface area contributed by atoms with E-state index in [1.54, 1.807) is 33.1 Å². The van der Waals surface area contributed by atoms with E-state index in [2.05, 4.69) is 22.2 Å². The molecule has 0 amide bonds. The molecule has 1 heterocycles. The number of anilines is 1. The Morgan fingerprint density at radius 1 is 1.14 bits per heavy atom. The highest BCUT2D eigenvalue weighted by molar-refractivity contribution is 5.92. The molecule has 1 fully saturated rings. The van der Waals surface area contributed by atoms with Gasteiger partial charge in [-0.25, -0.2) is 23.1 Å². The van der Waals surface area contributed by atoms with Crippen molar-refractivity contribution in [3.63, 3.8) is 0 Å². The van der Waals surface area contributed by atoms with E-state index in [1.165, 1.54) is 18.6 Å². The van der Waals surface area contributed by atoms with Gasteiger partial charge >= 0.3 is 0 Å². The quantitative estimate of drug-likeness (QED) is 0.310. The Kier molecular flexibility index (Phi) is 7.31. The van der Waals surface area contributed by atoms with Gasteiger partial charge in [0, 0.05) is 23.9 Å². The van der Waals surface area contributed by atoms with Crippen molar-refractivity contribution in [3.8, 4) is 11.5 Å². The molecule has 0 saturated heterocycles. The summed E-state index contributed by atoms with van der Waals surface area (Å²) in [5.41, 5.74) is 0.0128. The Morgan fingerprint density at radius 3 is 2.53 bits per heavy atom. The number of nitrogens with one attached hydrogen (secondary N) is 1. The van der Waals surface area contributed by atoms with Gasteiger partial charge in [0.2, 0.25) is 0 Å². The summed E-state index contributed by atoms with van der Waals surface area (Å²) < 4.78 is 60.1. The second kappa shape index (κ2) is 10.1. The molecule has 1 saturated carbocycles. The summed E-state index contributed by atoms with van der Waals surface area (Å²) in [6, 6.07) is 6.88. The topological polar surface area (TPSA) is 65.5 Å². The van der Waals surface area contributed by atoms with Crippen molar-refractivity contribution in [2.24, 2.45) is 0 Å². The fourth-order valence-corrected chi connectivity index (χ4v) is 4.40. The fourth-order valence-electron chi connectivity index (χ4n) is 4.40. The van der Waals surface area contributed by atoms with E-state index >= 15 is 0 Å². The highest BCUT2D eigenvalue weighted by atomic mass is 19.3. The van der Waals surface area contributed by atoms with Crippen LogP contribution in [0.4, 0.5) is 19.0 Å². The van der Waals surface area contributed by atoms with Crippen LogP contribution in [-0.4, -0.2) is 35.9 Å². The molecule has 9 heteroatoms. The molecular weight excluding hydrogens is 471 g/mol. The van der Waals surface area contributed by atoms with Gasteiger partial charge in [0.1, 0.15) is 24.1 Å². The van der Waals surface area contributed by atoms with Crippen molar-refractivity contribution in [2.45, 2.75) is 64.5 Å². The van der Waals surface area contributed by atoms with E-state index in [-0.39, 0.29) is 11.2 Å². The number of alkyl halides is 2. The summed E-state index contributed by atoms with van der Waals surface area (Å²) in [4.78, 5) is 8.99. The molecule has 1 aromatic heterocycles. The normalized spacial score (nSPS) is 15.9. The third-order valence-corrected chi connectivity index (χ3v) is 6.62. The predicted octanol–water partition coefficient (Wildman–Crippen LogP) is 6.71. The van der Waals surface area contributed by atoms with Gasteiger partial charge in [-0.05, 0) is 46.1 Å². The molecule has 0 radical (unpaired) electrons. The van der Waals surface area contributed by atoms with Crippen LogP contribution >= 0.6 is 0 Å². The second-order valence-electron chi connectivity index (χ2n) is 9.60. The minimum absolute atomic E-state index is 0.0657. The first kappa shape index (κ1) is 26.0. The highest BCUT2D eigenvalue weighted by Crippen LogP contribution is 2.38. The zero-order valence-electron chi connectivity index (χ0n) is 21.3. The van der Waals surface area contributed by atoms with Crippen LogP contribution in [0.3, 0.4) is 0 Å². The molecule has 0 aliphatic heterocycles. The first-order valence-corrected chi connectivity index (χ1v) is 12.1. The summed E-state index contributed by atoms with van der Waals surface area (Å²) in [6.07, 6.45) is 3.28. The Labute approximate surface area is 209 Å². The van der Waals surface area contributed by atoms with E-state index < -0.39 is 23.3 Å². The predicted molar refractivity (Wildman–Crippen MR) is 133 cm³/mol. The molecule has 1 aliphatic rings. The smallest absolute Gasteiger partial charge is 0.273 e. The van der Waals surface area contributed by atoms with Gasteiger partial charge in [0.15, 0.2) is 11.5 Å². The molecule has 6 nitrogen and oxygen atoms in total. The van der Waals surface area contributed by atoms with Crippen LogP contribution in [0.25, 0.3) is 10.9 Å². The maximum Gasteiger partial charge on any atom is 0.273 e. The van der Waals surface area contributed by atoms with Gasteiger partial charge in [-0.2, -0.15) is 0 Å². The van der Waals surface area contributed by atoms with Crippen LogP contribution < -0.4 is 14.8 Å². The van der Waals surface area contributed by atoms with Crippen LogP contribution in [0.1, 0.15) is 63.0 Å². The van der Waals surface area contributed by atoms with Crippen LogP contribution in [0.15, 0.2) is 30.3 Å². The fraction of sp³-hybridized carbons (Fsp3) is 0.481. The first-order chi connectivity index (χ1) is 17.0. The molecule has 1 N–H and O–H groups in total. The number of benzene rings is 2. The average Bonchev–Trinajstić information content (AvgIpc) is 2.79. The number of methoxy groups -OCH3 is 1. The summed E-state index contributed by atoms with van der Waals surface area (Å²) in [7, 11) is 1.55. The Bertz CT molecular complexity index is 1240. The molecule has 0 bridgehead atoms. The van der Waals surface area contributed by atoms with Crippen molar-refractivity contribution >= 4 is 16.7 Å². The molecule has 2 aromatic carbocycles. The number of aryl methyl sites for hydroxylation is 1. The number of hydrogen-bond donors (Lipinski definition) is 1. The lowest BCUT2D eigenvalue weighted by Gasteiger charge is -2.38. The van der Waals surface area contributed by atoms with E-state index in [0.717, 1.165) is 18.9 Å². The third-order valence-electron chi connectivity index (χ3n) is 6.62. The van der Waals surface area contributed by atoms with Crippen molar-refractivity contribution in [2.75, 3.05) is 25.6 Å². The lowest BCUT2D eigenvalue weighted by atomic mass is 9.82. The molecule has 1 aliphatic carbocycles. The minimum atomic E-state index is -3.29. The summed E-state index contributed by atoms with van der Waals surface area (Å²) in [5.74, 6) is -2.30. The van der Waals surface area contributed by atoms with Gasteiger partial charge in [-0.3, -0.25) is 0 Å². The molecule has 4 rings (SSSR count). The molecule has 36 heavy (non-hydrogen) atoms. The molecule has 0 spiro atoms. The molecule has 0 unspecified atom stereocenters. The van der Waals surface area contributed by atoms with E-state index in [4.69, 9.17) is 14.2 Å². The molecule has 3 aromatic rings. The monoisotopic (exact) mass is 503 g/mol. The number of fused-ring (bicyclic) bond motifs is 1. The zero-order chi connectivity index (χ0) is 26.1. The van der Waals surface area contributed by atoms with Gasteiger partial charge in [0.05, 0.1) is 36.4 Å². The van der Waals surface area contributed by atoms with Gasteiger partial charge in [-0.1, -0.05) is 18.2 Å². The van der Waals surface area contributed by atoms with Crippen molar-refractivity contribution < 1.29 is 27.4 Å². The number of rotatable bonds is 10. The van der Waals surface area contributed by atoms with E-state index in [0.29, 0.717) is 54.2 Å². The van der Waals surface area contributed by atoms with E-state index in [9.17, 15) is 13.2 Å². The number of ether oxygens (including phenoxy) is 3. The summed E-state index contributed by atoms with van der Waals surface area (Å²) in [6.45, 7) is 7.00. The second-order valence-corrected chi connectivity index (χ2v) is 9.60. The number of hydrogen-bond acceptors (Lipinski definition) is 6. The number of halogens is 3. The standard InChI is InChI=1S/C27H32F3N3O3/c1-16(18-8-6-9-20(24(18)28)27(4,29)30)31-25-19-14-23(35-12-13-36-26(3)10-7-11-26)22(34-5)15-21(19)32-17(2)33-25/h6,8-9,14-16H,7,10-13H2,1-5H3,(H,31,32,33)/t16-/m1/s1. The maximum absolute atomic E-state index is 15.0. The third kappa shape index (κ3) is 5.51. The van der Waals surface area contributed by atoms with Gasteiger partial charge in [-0.15, -0.1) is 0 Å². The number of nitrogens with zero attached hydrogens (tertiary/aromatic N) is 2. The van der Waals surface area contributed by atoms with E-state index in [1.807, 2.05) is 0 Å². The number of aromatic nitrogens is 2. The SMILES string of the molecule is COc1cc2nc(C)nc(N[C@H](C)c3cccc(C(C)(F)F)c3F)c2cc1OCCOC1(C)CCC1. The maximum atomic E-state index is 15.0. The summed E-state index contributed by atoms with van der Waals surface area (Å²) in [5, 5.41) is 3.80. The first-order valence-electron chi connectivity index (χ1n) is 12.1. The van der Waals surface area contributed by atoms with Gasteiger partial charge < -0.3 is 19.5 Å². The zero-order valence-corrected chi connectivity index (χ0v) is 21.3. The minimum Gasteiger partial charge on any atom is -0.493 e. The average molecular weight is 504 g/mol. The summed E-state index contributed by atoms with van der Waals surface area (Å²) >= 11 is 0. The Hall–Kier alpha value is -3.07. The van der Waals surface area contributed by atoms with Crippen molar-refractivity contribution in [3.05, 3.63) is 53.1 Å². The highest BCUT2D eigenvalue weighted by Gasteiger charge is 2.32. The largest absolute Gasteiger partial charge is 0.493 e. The molecule has 194 valence electrons. The van der Waals surface area contributed by atoms with Crippen molar-refractivity contribution in [1.82, 2.24) is 9.97 Å². The lowest BCUT2D eigenvalue weighted by Crippen LogP contribution is -2.37. The van der Waals surface area contributed by atoms with Crippen LogP contribution in [-0.2, 0) is 10.7 Å². The van der Waals surface area contributed by atoms with Crippen molar-refractivity contribution in [1.29, 1.82) is 0 Å². The van der Waals surface area contributed by atoms with Gasteiger partial charge in [0.25, 0.3) is 5.92 Å². The van der Waals surface area contributed by atoms with Crippen LogP contribution in [0, 0.1) is 12.7 Å². The molecular formula is C27H32F3N3O3. The molecule has 1 atom stereocenters. The van der Waals surface area contributed by atoms with Crippen LogP contribution in [0.5, 0.6) is 11.5 Å². The van der Waals surface area contributed by atoms with Crippen LogP contribution in [0.2, 0.25) is 0 Å². The lowest BCUT2D eigenvalue weighted by molar-refractivity contribution is -0.0922. The Morgan fingerprint density at radius 2 is 1.89 bits per heavy atom.